The highest BCUT2D eigenvalue weighted by atomic mass is 16.5. The lowest BCUT2D eigenvalue weighted by Crippen LogP contribution is -2.35. The van der Waals surface area contributed by atoms with E-state index in [4.69, 9.17) is 9.47 Å². The largest absolute Gasteiger partial charge is 0.491 e. The molecule has 1 aromatic carbocycles. The fourth-order valence-corrected chi connectivity index (χ4v) is 3.38. The summed E-state index contributed by atoms with van der Waals surface area (Å²) >= 11 is 0. The van der Waals surface area contributed by atoms with Gasteiger partial charge in [0.05, 0.1) is 24.8 Å². The molecule has 0 atom stereocenters. The first kappa shape index (κ1) is 19.0. The number of benzene rings is 1. The molecular formula is C21H26N2O4. The molecule has 0 radical (unpaired) electrons. The van der Waals surface area contributed by atoms with Gasteiger partial charge in [-0.3, -0.25) is 9.59 Å². The van der Waals surface area contributed by atoms with E-state index in [1.54, 1.807) is 11.0 Å². The summed E-state index contributed by atoms with van der Waals surface area (Å²) in [5.74, 6) is 1.09. The summed E-state index contributed by atoms with van der Waals surface area (Å²) in [4.78, 5) is 30.1. The van der Waals surface area contributed by atoms with Crippen LogP contribution in [-0.4, -0.2) is 35.0 Å². The van der Waals surface area contributed by atoms with Crippen molar-refractivity contribution in [2.45, 2.75) is 47.3 Å². The van der Waals surface area contributed by atoms with Crippen molar-refractivity contribution in [1.82, 2.24) is 9.88 Å². The van der Waals surface area contributed by atoms with Gasteiger partial charge in [0.1, 0.15) is 18.1 Å². The van der Waals surface area contributed by atoms with Crippen LogP contribution >= 0.6 is 0 Å². The minimum atomic E-state index is -0.153. The van der Waals surface area contributed by atoms with E-state index >= 15 is 0 Å². The monoisotopic (exact) mass is 370 g/mol. The van der Waals surface area contributed by atoms with Crippen LogP contribution in [0.2, 0.25) is 0 Å². The first-order chi connectivity index (χ1) is 12.8. The molecule has 0 bridgehead atoms. The van der Waals surface area contributed by atoms with E-state index in [1.165, 1.54) is 0 Å². The quantitative estimate of drug-likeness (QED) is 0.898. The van der Waals surface area contributed by atoms with Crippen molar-refractivity contribution in [3.63, 3.8) is 0 Å². The average molecular weight is 370 g/mol. The molecule has 1 N–H and O–H groups in total. The number of pyridine rings is 1. The maximum Gasteiger partial charge on any atom is 0.258 e. The maximum atomic E-state index is 13.3. The zero-order valence-corrected chi connectivity index (χ0v) is 16.5. The summed E-state index contributed by atoms with van der Waals surface area (Å²) in [6.45, 7) is 10.5. The molecule has 3 rings (SSSR count). The van der Waals surface area contributed by atoms with Crippen molar-refractivity contribution in [2.75, 3.05) is 13.2 Å². The molecule has 1 aromatic heterocycles. The molecule has 0 saturated carbocycles. The Balaban J connectivity index is 1.98. The number of carbonyl (C=O) groups is 1. The van der Waals surface area contributed by atoms with Crippen molar-refractivity contribution in [3.8, 4) is 11.5 Å². The summed E-state index contributed by atoms with van der Waals surface area (Å²) in [7, 11) is 0. The summed E-state index contributed by atoms with van der Waals surface area (Å²) in [5.41, 5.74) is 3.40. The van der Waals surface area contributed by atoms with Crippen molar-refractivity contribution in [1.29, 1.82) is 0 Å². The molecule has 0 fully saturated rings. The van der Waals surface area contributed by atoms with Gasteiger partial charge in [0, 0.05) is 16.8 Å². The number of rotatable bonds is 4. The van der Waals surface area contributed by atoms with Gasteiger partial charge in [-0.15, -0.1) is 0 Å². The SMILES string of the molecule is Cc1cc(C)c(CN2CCOc3ccc(OC(C)C)c(C)c3C2=O)c(=O)[nH]1. The molecule has 6 heteroatoms. The van der Waals surface area contributed by atoms with Gasteiger partial charge >= 0.3 is 0 Å². The van der Waals surface area contributed by atoms with Crippen LogP contribution in [0.4, 0.5) is 0 Å². The van der Waals surface area contributed by atoms with Crippen molar-refractivity contribution in [2.24, 2.45) is 0 Å². The number of amides is 1. The summed E-state index contributed by atoms with van der Waals surface area (Å²) in [6, 6.07) is 5.54. The summed E-state index contributed by atoms with van der Waals surface area (Å²) in [5, 5.41) is 0. The van der Waals surface area contributed by atoms with Crippen LogP contribution in [0.15, 0.2) is 23.0 Å². The molecule has 0 spiro atoms. The van der Waals surface area contributed by atoms with Crippen LogP contribution in [0.25, 0.3) is 0 Å². The van der Waals surface area contributed by atoms with Crippen LogP contribution in [0.3, 0.4) is 0 Å². The van der Waals surface area contributed by atoms with Crippen molar-refractivity contribution in [3.05, 3.63) is 56.5 Å². The molecule has 0 saturated heterocycles. The van der Waals surface area contributed by atoms with Crippen LogP contribution in [0, 0.1) is 20.8 Å². The third-order valence-electron chi connectivity index (χ3n) is 4.70. The molecule has 27 heavy (non-hydrogen) atoms. The molecule has 1 aliphatic heterocycles. The Morgan fingerprint density at radius 3 is 2.63 bits per heavy atom. The standard InChI is InChI=1S/C21H26N2O4/c1-12(2)27-17-6-7-18-19(15(17)5)21(25)23(8-9-26-18)11-16-13(3)10-14(4)22-20(16)24/h6-7,10,12H,8-9,11H2,1-5H3,(H,22,24). The second kappa shape index (κ2) is 7.47. The number of nitrogens with zero attached hydrogens (tertiary/aromatic N) is 1. The molecular weight excluding hydrogens is 344 g/mol. The number of ether oxygens (including phenoxy) is 2. The zero-order valence-electron chi connectivity index (χ0n) is 16.5. The predicted molar refractivity (Wildman–Crippen MR) is 104 cm³/mol. The normalized spacial score (nSPS) is 14.0. The number of hydrogen-bond acceptors (Lipinski definition) is 4. The van der Waals surface area contributed by atoms with Crippen LogP contribution in [-0.2, 0) is 6.54 Å². The van der Waals surface area contributed by atoms with Gasteiger partial charge in [0.15, 0.2) is 0 Å². The van der Waals surface area contributed by atoms with Crippen molar-refractivity contribution < 1.29 is 14.3 Å². The van der Waals surface area contributed by atoms with E-state index in [9.17, 15) is 9.59 Å². The van der Waals surface area contributed by atoms with E-state index in [2.05, 4.69) is 4.98 Å². The van der Waals surface area contributed by atoms with Gasteiger partial charge in [-0.1, -0.05) is 0 Å². The lowest BCUT2D eigenvalue weighted by atomic mass is 10.0. The highest BCUT2D eigenvalue weighted by Gasteiger charge is 2.28. The van der Waals surface area contributed by atoms with Gasteiger partial charge in [-0.2, -0.15) is 0 Å². The molecule has 6 nitrogen and oxygen atoms in total. The number of nitrogens with one attached hydrogen (secondary N) is 1. The topological polar surface area (TPSA) is 71.6 Å². The Morgan fingerprint density at radius 2 is 1.96 bits per heavy atom. The van der Waals surface area contributed by atoms with E-state index in [-0.39, 0.29) is 24.1 Å². The second-order valence-electron chi connectivity index (χ2n) is 7.25. The number of aromatic amines is 1. The highest BCUT2D eigenvalue weighted by Crippen LogP contribution is 2.33. The van der Waals surface area contributed by atoms with E-state index < -0.39 is 0 Å². The van der Waals surface area contributed by atoms with Gasteiger partial charge in [-0.25, -0.2) is 0 Å². The molecule has 2 heterocycles. The first-order valence-corrected chi connectivity index (χ1v) is 9.19. The summed E-state index contributed by atoms with van der Waals surface area (Å²) < 4.78 is 11.6. The Hall–Kier alpha value is -2.76. The number of aryl methyl sites for hydroxylation is 2. The van der Waals surface area contributed by atoms with Crippen LogP contribution < -0.4 is 15.0 Å². The minimum absolute atomic E-state index is 0.00779. The smallest absolute Gasteiger partial charge is 0.258 e. The van der Waals surface area contributed by atoms with Gasteiger partial charge in [0.2, 0.25) is 0 Å². The van der Waals surface area contributed by atoms with Gasteiger partial charge in [0.25, 0.3) is 11.5 Å². The Morgan fingerprint density at radius 1 is 1.22 bits per heavy atom. The lowest BCUT2D eigenvalue weighted by Gasteiger charge is -2.22. The maximum absolute atomic E-state index is 13.3. The number of aromatic nitrogens is 1. The lowest BCUT2D eigenvalue weighted by molar-refractivity contribution is 0.0741. The molecule has 0 unspecified atom stereocenters. The third kappa shape index (κ3) is 3.84. The van der Waals surface area contributed by atoms with E-state index in [0.717, 1.165) is 16.8 Å². The third-order valence-corrected chi connectivity index (χ3v) is 4.70. The van der Waals surface area contributed by atoms with Crippen molar-refractivity contribution >= 4 is 5.91 Å². The van der Waals surface area contributed by atoms with Crippen LogP contribution in [0.5, 0.6) is 11.5 Å². The molecule has 0 aliphatic carbocycles. The minimum Gasteiger partial charge on any atom is -0.491 e. The van der Waals surface area contributed by atoms with E-state index in [0.29, 0.717) is 35.8 Å². The Labute approximate surface area is 159 Å². The van der Waals surface area contributed by atoms with Gasteiger partial charge in [-0.05, 0) is 58.4 Å². The molecule has 1 aliphatic rings. The predicted octanol–water partition coefficient (Wildman–Crippen LogP) is 3.12. The molecule has 144 valence electrons. The summed E-state index contributed by atoms with van der Waals surface area (Å²) in [6.07, 6.45) is 0.00779. The fraction of sp³-hybridized carbons (Fsp3) is 0.429. The second-order valence-corrected chi connectivity index (χ2v) is 7.25. The molecule has 2 aromatic rings. The van der Waals surface area contributed by atoms with Gasteiger partial charge < -0.3 is 19.4 Å². The number of fused-ring (bicyclic) bond motifs is 1. The zero-order chi connectivity index (χ0) is 19.7. The fourth-order valence-electron chi connectivity index (χ4n) is 3.38. The first-order valence-electron chi connectivity index (χ1n) is 9.19. The number of carbonyl (C=O) groups excluding carboxylic acids is 1. The highest BCUT2D eigenvalue weighted by molar-refractivity contribution is 5.99. The van der Waals surface area contributed by atoms with Crippen LogP contribution in [0.1, 0.15) is 46.6 Å². The Kier molecular flexibility index (Phi) is 5.26. The average Bonchev–Trinajstić information content (AvgIpc) is 2.73. The molecule has 1 amide bonds. The van der Waals surface area contributed by atoms with E-state index in [1.807, 2.05) is 46.8 Å². The number of H-pyrrole nitrogens is 1. The number of hydrogen-bond donors (Lipinski definition) is 1. The Bertz CT molecular complexity index is 931.